The van der Waals surface area contributed by atoms with E-state index in [0.717, 1.165) is 34.3 Å². The molecule has 0 saturated carbocycles. The minimum Gasteiger partial charge on any atom is -0.387 e. The number of halogens is 2. The van der Waals surface area contributed by atoms with Gasteiger partial charge in [-0.3, -0.25) is 4.98 Å². The third-order valence-corrected chi connectivity index (χ3v) is 3.45. The van der Waals surface area contributed by atoms with E-state index in [4.69, 9.17) is 23.2 Å². The van der Waals surface area contributed by atoms with Crippen LogP contribution in [0.5, 0.6) is 0 Å². The number of anilines is 1. The van der Waals surface area contributed by atoms with Crippen LogP contribution in [0.15, 0.2) is 12.1 Å². The monoisotopic (exact) mass is 268 g/mol. The molecule has 17 heavy (non-hydrogen) atoms. The second-order valence-electron chi connectivity index (χ2n) is 3.94. The Hall–Kier alpha value is -0.990. The SMILES string of the molecule is CCc1nc2cc(Cl)cc(Cl)c2c(NC)c1C. The van der Waals surface area contributed by atoms with Crippen molar-refractivity contribution in [3.63, 3.8) is 0 Å². The van der Waals surface area contributed by atoms with Crippen LogP contribution in [-0.4, -0.2) is 12.0 Å². The molecule has 0 bridgehead atoms. The first-order chi connectivity index (χ1) is 8.08. The van der Waals surface area contributed by atoms with E-state index in [1.54, 1.807) is 6.07 Å². The number of nitrogens with zero attached hydrogens (tertiary/aromatic N) is 1. The summed E-state index contributed by atoms with van der Waals surface area (Å²) in [5, 5.41) is 5.39. The average molecular weight is 269 g/mol. The Bertz CT molecular complexity index is 579. The van der Waals surface area contributed by atoms with Gasteiger partial charge in [0.2, 0.25) is 0 Å². The van der Waals surface area contributed by atoms with E-state index in [2.05, 4.69) is 24.1 Å². The molecule has 0 unspecified atom stereocenters. The predicted molar refractivity (Wildman–Crippen MR) is 75.4 cm³/mol. The summed E-state index contributed by atoms with van der Waals surface area (Å²) in [7, 11) is 1.89. The van der Waals surface area contributed by atoms with Crippen molar-refractivity contribution in [2.45, 2.75) is 20.3 Å². The van der Waals surface area contributed by atoms with Crippen LogP contribution >= 0.6 is 23.2 Å². The van der Waals surface area contributed by atoms with Gasteiger partial charge >= 0.3 is 0 Å². The molecule has 0 radical (unpaired) electrons. The van der Waals surface area contributed by atoms with E-state index in [1.165, 1.54) is 0 Å². The zero-order valence-corrected chi connectivity index (χ0v) is 11.6. The first kappa shape index (κ1) is 12.5. The Morgan fingerprint density at radius 1 is 1.29 bits per heavy atom. The largest absolute Gasteiger partial charge is 0.387 e. The number of benzene rings is 1. The lowest BCUT2D eigenvalue weighted by atomic mass is 10.1. The molecule has 1 aromatic carbocycles. The Balaban J connectivity index is 2.92. The number of nitrogens with one attached hydrogen (secondary N) is 1. The molecule has 2 aromatic rings. The fraction of sp³-hybridized carbons (Fsp3) is 0.308. The Kier molecular flexibility index (Phi) is 3.45. The van der Waals surface area contributed by atoms with Gasteiger partial charge in [0.25, 0.3) is 0 Å². The van der Waals surface area contributed by atoms with Crippen molar-refractivity contribution in [2.75, 3.05) is 12.4 Å². The second kappa shape index (κ2) is 4.71. The standard InChI is InChI=1S/C13H14Cl2N2/c1-4-10-7(2)13(16-3)12-9(15)5-8(14)6-11(12)17-10/h5-6H,4H2,1-3H3,(H,16,17). The van der Waals surface area contributed by atoms with Crippen LogP contribution in [0.2, 0.25) is 10.0 Å². The van der Waals surface area contributed by atoms with Gasteiger partial charge in [-0.1, -0.05) is 30.1 Å². The summed E-state index contributed by atoms with van der Waals surface area (Å²) in [6, 6.07) is 3.60. The maximum absolute atomic E-state index is 6.25. The number of rotatable bonds is 2. The zero-order valence-electron chi connectivity index (χ0n) is 10.1. The van der Waals surface area contributed by atoms with Crippen LogP contribution in [-0.2, 0) is 6.42 Å². The van der Waals surface area contributed by atoms with Crippen molar-refractivity contribution < 1.29 is 0 Å². The zero-order chi connectivity index (χ0) is 12.6. The van der Waals surface area contributed by atoms with Crippen molar-refractivity contribution >= 4 is 39.8 Å². The van der Waals surface area contributed by atoms with E-state index in [-0.39, 0.29) is 0 Å². The van der Waals surface area contributed by atoms with E-state index in [0.29, 0.717) is 10.0 Å². The number of aryl methyl sites for hydroxylation is 1. The van der Waals surface area contributed by atoms with Crippen molar-refractivity contribution in [1.82, 2.24) is 4.98 Å². The van der Waals surface area contributed by atoms with Crippen LogP contribution in [0, 0.1) is 6.92 Å². The fourth-order valence-electron chi connectivity index (χ4n) is 2.11. The van der Waals surface area contributed by atoms with Gasteiger partial charge in [-0.25, -0.2) is 0 Å². The molecule has 90 valence electrons. The third kappa shape index (κ3) is 2.07. The summed E-state index contributed by atoms with van der Waals surface area (Å²) in [5.74, 6) is 0. The molecule has 0 fully saturated rings. The Morgan fingerprint density at radius 2 is 2.00 bits per heavy atom. The molecule has 4 heteroatoms. The van der Waals surface area contributed by atoms with Crippen LogP contribution in [0.1, 0.15) is 18.2 Å². The van der Waals surface area contributed by atoms with Gasteiger partial charge in [-0.05, 0) is 31.0 Å². The number of hydrogen-bond donors (Lipinski definition) is 1. The van der Waals surface area contributed by atoms with E-state index in [9.17, 15) is 0 Å². The second-order valence-corrected chi connectivity index (χ2v) is 4.79. The van der Waals surface area contributed by atoms with Crippen molar-refractivity contribution in [3.8, 4) is 0 Å². The predicted octanol–water partition coefficient (Wildman–Crippen LogP) is 4.45. The van der Waals surface area contributed by atoms with Gasteiger partial charge in [0, 0.05) is 28.8 Å². The summed E-state index contributed by atoms with van der Waals surface area (Å²) in [4.78, 5) is 4.61. The van der Waals surface area contributed by atoms with Crippen LogP contribution in [0.3, 0.4) is 0 Å². The summed E-state index contributed by atoms with van der Waals surface area (Å²) < 4.78 is 0. The molecule has 0 saturated heterocycles. The number of fused-ring (bicyclic) bond motifs is 1. The molecular weight excluding hydrogens is 255 g/mol. The maximum atomic E-state index is 6.25. The van der Waals surface area contributed by atoms with Crippen molar-refractivity contribution in [2.24, 2.45) is 0 Å². The molecule has 0 spiro atoms. The van der Waals surface area contributed by atoms with Gasteiger partial charge < -0.3 is 5.32 Å². The maximum Gasteiger partial charge on any atom is 0.0756 e. The highest BCUT2D eigenvalue weighted by atomic mass is 35.5. The smallest absolute Gasteiger partial charge is 0.0756 e. The molecule has 0 aliphatic heterocycles. The highest BCUT2D eigenvalue weighted by Gasteiger charge is 2.13. The molecule has 1 aromatic heterocycles. The molecule has 1 N–H and O–H groups in total. The molecular formula is C13H14Cl2N2. The summed E-state index contributed by atoms with van der Waals surface area (Å²) in [6.45, 7) is 4.15. The van der Waals surface area contributed by atoms with Crippen molar-refractivity contribution in [3.05, 3.63) is 33.4 Å². The number of pyridine rings is 1. The van der Waals surface area contributed by atoms with E-state index >= 15 is 0 Å². The molecule has 2 rings (SSSR count). The summed E-state index contributed by atoms with van der Waals surface area (Å²) >= 11 is 12.3. The Morgan fingerprint density at radius 3 is 2.59 bits per heavy atom. The van der Waals surface area contributed by atoms with E-state index in [1.807, 2.05) is 13.1 Å². The lowest BCUT2D eigenvalue weighted by molar-refractivity contribution is 1.03. The fourth-order valence-corrected chi connectivity index (χ4v) is 2.69. The molecule has 1 heterocycles. The van der Waals surface area contributed by atoms with E-state index < -0.39 is 0 Å². The lowest BCUT2D eigenvalue weighted by Gasteiger charge is -2.14. The minimum atomic E-state index is 0.614. The van der Waals surface area contributed by atoms with Crippen molar-refractivity contribution in [1.29, 1.82) is 0 Å². The van der Waals surface area contributed by atoms with Gasteiger partial charge in [-0.15, -0.1) is 0 Å². The first-order valence-electron chi connectivity index (χ1n) is 5.54. The average Bonchev–Trinajstić information content (AvgIpc) is 2.29. The van der Waals surface area contributed by atoms with Gasteiger partial charge in [0.05, 0.1) is 10.5 Å². The summed E-state index contributed by atoms with van der Waals surface area (Å²) in [5.41, 5.74) is 4.09. The lowest BCUT2D eigenvalue weighted by Crippen LogP contribution is -2.01. The first-order valence-corrected chi connectivity index (χ1v) is 6.30. The highest BCUT2D eigenvalue weighted by Crippen LogP contribution is 2.35. The Labute approximate surface area is 111 Å². The van der Waals surface area contributed by atoms with Gasteiger partial charge in [0.1, 0.15) is 0 Å². The summed E-state index contributed by atoms with van der Waals surface area (Å²) in [6.07, 6.45) is 0.889. The molecule has 0 amide bonds. The highest BCUT2D eigenvalue weighted by molar-refractivity contribution is 6.39. The molecule has 0 aliphatic carbocycles. The van der Waals surface area contributed by atoms with Gasteiger partial charge in [0.15, 0.2) is 0 Å². The number of aromatic nitrogens is 1. The molecule has 0 atom stereocenters. The van der Waals surface area contributed by atoms with Gasteiger partial charge in [-0.2, -0.15) is 0 Å². The topological polar surface area (TPSA) is 24.9 Å². The van der Waals surface area contributed by atoms with Crippen LogP contribution < -0.4 is 5.32 Å². The molecule has 2 nitrogen and oxygen atoms in total. The van der Waals surface area contributed by atoms with Crippen LogP contribution in [0.25, 0.3) is 10.9 Å². The normalized spacial score (nSPS) is 10.9. The molecule has 0 aliphatic rings. The minimum absolute atomic E-state index is 0.614. The number of hydrogen-bond acceptors (Lipinski definition) is 2. The quantitative estimate of drug-likeness (QED) is 0.870. The third-order valence-electron chi connectivity index (χ3n) is 2.93. The van der Waals surface area contributed by atoms with Crippen LogP contribution in [0.4, 0.5) is 5.69 Å².